The molecule has 0 N–H and O–H groups in total. The summed E-state index contributed by atoms with van der Waals surface area (Å²) in [6, 6.07) is 3.93. The molecule has 3 aromatic rings. The van der Waals surface area contributed by atoms with E-state index < -0.39 is 0 Å². The average molecular weight is 290 g/mol. The van der Waals surface area contributed by atoms with Crippen molar-refractivity contribution >= 4 is 33.2 Å². The Morgan fingerprint density at radius 2 is 1.89 bits per heavy atom. The fourth-order valence-electron chi connectivity index (χ4n) is 2.00. The maximum atomic E-state index is 6.29. The van der Waals surface area contributed by atoms with Crippen LogP contribution in [-0.2, 0) is 6.42 Å². The molecule has 0 aliphatic carbocycles. The molecular formula is C14H12ClN3S. The zero-order valence-corrected chi connectivity index (χ0v) is 12.2. The van der Waals surface area contributed by atoms with E-state index in [4.69, 9.17) is 11.6 Å². The number of hydrogen-bond acceptors (Lipinski definition) is 4. The Morgan fingerprint density at radius 3 is 2.63 bits per heavy atom. The minimum absolute atomic E-state index is 0.552. The van der Waals surface area contributed by atoms with Crippen LogP contribution in [0.1, 0.15) is 21.8 Å². The van der Waals surface area contributed by atoms with E-state index in [1.807, 2.05) is 12.1 Å². The number of rotatable bonds is 2. The lowest BCUT2D eigenvalue weighted by Crippen LogP contribution is -1.97. The van der Waals surface area contributed by atoms with Crippen molar-refractivity contribution in [3.05, 3.63) is 51.5 Å². The zero-order valence-electron chi connectivity index (χ0n) is 10.6. The molecule has 0 saturated heterocycles. The third-order valence-electron chi connectivity index (χ3n) is 3.14. The van der Waals surface area contributed by atoms with Crippen molar-refractivity contribution in [2.75, 3.05) is 0 Å². The molecule has 0 fully saturated rings. The van der Waals surface area contributed by atoms with E-state index in [-0.39, 0.29) is 0 Å². The van der Waals surface area contributed by atoms with Gasteiger partial charge in [0.25, 0.3) is 0 Å². The summed E-state index contributed by atoms with van der Waals surface area (Å²) in [4.78, 5) is 15.2. The number of fused-ring (bicyclic) bond motifs is 1. The molecule has 3 heterocycles. The van der Waals surface area contributed by atoms with Crippen molar-refractivity contribution in [2.45, 2.75) is 20.3 Å². The first-order valence-electron chi connectivity index (χ1n) is 5.96. The molecule has 3 aromatic heterocycles. The second kappa shape index (κ2) is 4.87. The van der Waals surface area contributed by atoms with Crippen LogP contribution in [0.5, 0.6) is 0 Å². The van der Waals surface area contributed by atoms with Gasteiger partial charge in [-0.25, -0.2) is 9.97 Å². The van der Waals surface area contributed by atoms with Gasteiger partial charge in [0, 0.05) is 23.7 Å². The predicted molar refractivity (Wildman–Crippen MR) is 78.9 cm³/mol. The molecule has 0 spiro atoms. The summed E-state index contributed by atoms with van der Waals surface area (Å²) >= 11 is 7.96. The van der Waals surface area contributed by atoms with E-state index in [0.29, 0.717) is 11.6 Å². The second-order valence-corrected chi connectivity index (χ2v) is 5.99. The van der Waals surface area contributed by atoms with Gasteiger partial charge in [0.05, 0.1) is 5.39 Å². The van der Waals surface area contributed by atoms with E-state index in [1.165, 1.54) is 10.4 Å². The lowest BCUT2D eigenvalue weighted by atomic mass is 10.2. The Bertz CT molecular complexity index is 737. The van der Waals surface area contributed by atoms with Crippen LogP contribution in [0.4, 0.5) is 0 Å². The van der Waals surface area contributed by atoms with E-state index >= 15 is 0 Å². The molecule has 0 unspecified atom stereocenters. The highest BCUT2D eigenvalue weighted by Gasteiger charge is 2.13. The fourth-order valence-corrected chi connectivity index (χ4v) is 3.44. The van der Waals surface area contributed by atoms with Crippen molar-refractivity contribution in [1.29, 1.82) is 0 Å². The van der Waals surface area contributed by atoms with Crippen molar-refractivity contribution in [1.82, 2.24) is 15.0 Å². The van der Waals surface area contributed by atoms with Gasteiger partial charge >= 0.3 is 0 Å². The summed E-state index contributed by atoms with van der Waals surface area (Å²) < 4.78 is 0. The van der Waals surface area contributed by atoms with Crippen LogP contribution in [0, 0.1) is 13.8 Å². The van der Waals surface area contributed by atoms with Gasteiger partial charge in [-0.05, 0) is 37.1 Å². The molecule has 0 aliphatic heterocycles. The lowest BCUT2D eigenvalue weighted by Gasteiger charge is -2.02. The molecule has 0 aliphatic rings. The van der Waals surface area contributed by atoms with Gasteiger partial charge in [-0.2, -0.15) is 0 Å². The van der Waals surface area contributed by atoms with Crippen LogP contribution in [0.3, 0.4) is 0 Å². The highest BCUT2D eigenvalue weighted by atomic mass is 35.5. The molecule has 5 heteroatoms. The highest BCUT2D eigenvalue weighted by molar-refractivity contribution is 7.18. The number of thiophene rings is 1. The van der Waals surface area contributed by atoms with Gasteiger partial charge in [0.1, 0.15) is 15.8 Å². The minimum atomic E-state index is 0.552. The molecule has 0 atom stereocenters. The Kier molecular flexibility index (Phi) is 3.21. The Balaban J connectivity index is 2.06. The first-order valence-corrected chi connectivity index (χ1v) is 7.15. The maximum Gasteiger partial charge on any atom is 0.141 e. The van der Waals surface area contributed by atoms with Gasteiger partial charge in [0.2, 0.25) is 0 Å². The van der Waals surface area contributed by atoms with E-state index in [9.17, 15) is 0 Å². The third kappa shape index (κ3) is 2.33. The van der Waals surface area contributed by atoms with Gasteiger partial charge in [0.15, 0.2) is 0 Å². The highest BCUT2D eigenvalue weighted by Crippen LogP contribution is 2.33. The summed E-state index contributed by atoms with van der Waals surface area (Å²) in [7, 11) is 0. The molecule has 0 bridgehead atoms. The standard InChI is InChI=1S/C14H12ClN3S/c1-8-9(2)19-14-12(8)13(15)17-11(18-14)7-10-3-5-16-6-4-10/h3-6H,7H2,1-2H3. The summed E-state index contributed by atoms with van der Waals surface area (Å²) in [5.41, 5.74) is 2.32. The molecule has 96 valence electrons. The molecule has 0 radical (unpaired) electrons. The summed E-state index contributed by atoms with van der Waals surface area (Å²) in [5.74, 6) is 0.755. The monoisotopic (exact) mass is 289 g/mol. The number of pyridine rings is 1. The van der Waals surface area contributed by atoms with Crippen molar-refractivity contribution < 1.29 is 0 Å². The second-order valence-electron chi connectivity index (χ2n) is 4.43. The number of nitrogens with zero attached hydrogens (tertiary/aromatic N) is 3. The van der Waals surface area contributed by atoms with Crippen LogP contribution in [0.25, 0.3) is 10.2 Å². The van der Waals surface area contributed by atoms with Gasteiger partial charge in [-0.1, -0.05) is 11.6 Å². The molecule has 3 nitrogen and oxygen atoms in total. The lowest BCUT2D eigenvalue weighted by molar-refractivity contribution is 0.992. The fraction of sp³-hybridized carbons (Fsp3) is 0.214. The summed E-state index contributed by atoms with van der Waals surface area (Å²) in [5, 5.41) is 1.54. The van der Waals surface area contributed by atoms with Crippen molar-refractivity contribution in [3.8, 4) is 0 Å². The molecule has 19 heavy (non-hydrogen) atoms. The number of aromatic nitrogens is 3. The van der Waals surface area contributed by atoms with Crippen molar-refractivity contribution in [2.24, 2.45) is 0 Å². The smallest absolute Gasteiger partial charge is 0.141 e. The van der Waals surface area contributed by atoms with Gasteiger partial charge in [-0.3, -0.25) is 4.98 Å². The topological polar surface area (TPSA) is 38.7 Å². The Hall–Kier alpha value is -1.52. The number of halogens is 1. The van der Waals surface area contributed by atoms with Crippen LogP contribution in [0.2, 0.25) is 5.15 Å². The van der Waals surface area contributed by atoms with E-state index in [2.05, 4.69) is 28.8 Å². The van der Waals surface area contributed by atoms with Crippen LogP contribution in [-0.4, -0.2) is 15.0 Å². The van der Waals surface area contributed by atoms with Crippen molar-refractivity contribution in [3.63, 3.8) is 0 Å². The molecule has 0 aromatic carbocycles. The third-order valence-corrected chi connectivity index (χ3v) is 4.52. The van der Waals surface area contributed by atoms with E-state index in [1.54, 1.807) is 23.7 Å². The number of aryl methyl sites for hydroxylation is 2. The summed E-state index contributed by atoms with van der Waals surface area (Å²) in [6.07, 6.45) is 4.22. The summed E-state index contributed by atoms with van der Waals surface area (Å²) in [6.45, 7) is 4.15. The Labute approximate surface area is 120 Å². The molecule has 0 saturated carbocycles. The van der Waals surface area contributed by atoms with Gasteiger partial charge < -0.3 is 0 Å². The molecule has 3 rings (SSSR count). The first kappa shape index (κ1) is 12.5. The SMILES string of the molecule is Cc1sc2nc(Cc3ccncc3)nc(Cl)c2c1C. The maximum absolute atomic E-state index is 6.29. The van der Waals surface area contributed by atoms with Crippen LogP contribution >= 0.6 is 22.9 Å². The number of hydrogen-bond donors (Lipinski definition) is 0. The largest absolute Gasteiger partial charge is 0.265 e. The van der Waals surface area contributed by atoms with Crippen LogP contribution < -0.4 is 0 Å². The Morgan fingerprint density at radius 1 is 1.16 bits per heavy atom. The quantitative estimate of drug-likeness (QED) is 0.671. The van der Waals surface area contributed by atoms with E-state index in [0.717, 1.165) is 21.6 Å². The minimum Gasteiger partial charge on any atom is -0.265 e. The average Bonchev–Trinajstić information content (AvgIpc) is 2.66. The first-order chi connectivity index (χ1) is 9.15. The molecule has 0 amide bonds. The normalized spacial score (nSPS) is 11.1. The zero-order chi connectivity index (χ0) is 13.4. The van der Waals surface area contributed by atoms with Crippen LogP contribution in [0.15, 0.2) is 24.5 Å². The predicted octanol–water partition coefficient (Wildman–Crippen LogP) is 3.95. The van der Waals surface area contributed by atoms with Gasteiger partial charge in [-0.15, -0.1) is 11.3 Å². The molecular weight excluding hydrogens is 278 g/mol.